The number of carbonyl (C=O) groups excluding carboxylic acids is 1. The van der Waals surface area contributed by atoms with Gasteiger partial charge in [-0.15, -0.1) is 0 Å². The fourth-order valence-corrected chi connectivity index (χ4v) is 2.51. The smallest absolute Gasteiger partial charge is 0.246 e. The number of hydrogen-bond acceptors (Lipinski definition) is 3. The Morgan fingerprint density at radius 2 is 2.00 bits per heavy atom. The third kappa shape index (κ3) is 4.94. The lowest BCUT2D eigenvalue weighted by Gasteiger charge is -2.34. The van der Waals surface area contributed by atoms with Gasteiger partial charge in [0.1, 0.15) is 6.61 Å². The summed E-state index contributed by atoms with van der Waals surface area (Å²) < 4.78 is 4.75. The molecule has 0 aromatic rings. The van der Waals surface area contributed by atoms with Gasteiger partial charge in [-0.25, -0.2) is 0 Å². The second kappa shape index (κ2) is 6.86. The second-order valence-corrected chi connectivity index (χ2v) is 4.99. The summed E-state index contributed by atoms with van der Waals surface area (Å²) in [5, 5.41) is 2.85. The van der Waals surface area contributed by atoms with E-state index in [1.165, 1.54) is 13.5 Å². The van der Waals surface area contributed by atoms with Crippen molar-refractivity contribution in [1.29, 1.82) is 0 Å². The Morgan fingerprint density at radius 1 is 1.38 bits per heavy atom. The number of carbonyl (C=O) groups is 1. The van der Waals surface area contributed by atoms with Crippen molar-refractivity contribution in [3.63, 3.8) is 0 Å². The largest absolute Gasteiger partial charge is 0.375 e. The monoisotopic (exact) mass is 228 g/mol. The number of nitrogens with one attached hydrogen (secondary N) is 1. The predicted molar refractivity (Wildman–Crippen MR) is 64.3 cm³/mol. The van der Waals surface area contributed by atoms with Crippen molar-refractivity contribution in [2.45, 2.75) is 20.3 Å². The summed E-state index contributed by atoms with van der Waals surface area (Å²) in [5.41, 5.74) is 0. The Bertz CT molecular complexity index is 211. The molecule has 1 rings (SSSR count). The predicted octanol–water partition coefficient (Wildman–Crippen LogP) is 0.727. The van der Waals surface area contributed by atoms with Crippen LogP contribution in [0.5, 0.6) is 0 Å². The zero-order chi connectivity index (χ0) is 12.0. The van der Waals surface area contributed by atoms with Crippen molar-refractivity contribution in [2.24, 2.45) is 11.8 Å². The second-order valence-electron chi connectivity index (χ2n) is 4.99. The van der Waals surface area contributed by atoms with Gasteiger partial charge in [-0.05, 0) is 18.3 Å². The summed E-state index contributed by atoms with van der Waals surface area (Å²) in [6.07, 6.45) is 1.33. The Labute approximate surface area is 98.3 Å². The first kappa shape index (κ1) is 13.5. The molecule has 4 nitrogen and oxygen atoms in total. The van der Waals surface area contributed by atoms with Gasteiger partial charge >= 0.3 is 0 Å². The molecule has 1 fully saturated rings. The quantitative estimate of drug-likeness (QED) is 0.754. The molecule has 1 N–H and O–H groups in total. The summed E-state index contributed by atoms with van der Waals surface area (Å²) in [4.78, 5) is 13.6. The van der Waals surface area contributed by atoms with Gasteiger partial charge in [0, 0.05) is 33.3 Å². The molecule has 1 heterocycles. The standard InChI is InChI=1S/C12H24N2O2/c1-10-6-11(2)8-14(7-10)5-4-13-12(15)9-16-3/h10-11H,4-9H2,1-3H3,(H,13,15)/t10-,11+. The summed E-state index contributed by atoms with van der Waals surface area (Å²) in [6.45, 7) is 8.74. The minimum Gasteiger partial charge on any atom is -0.375 e. The van der Waals surface area contributed by atoms with E-state index in [1.807, 2.05) is 0 Å². The Balaban J connectivity index is 2.14. The van der Waals surface area contributed by atoms with Crippen molar-refractivity contribution >= 4 is 5.91 Å². The van der Waals surface area contributed by atoms with E-state index >= 15 is 0 Å². The van der Waals surface area contributed by atoms with Crippen LogP contribution in [0.15, 0.2) is 0 Å². The maximum absolute atomic E-state index is 11.2. The Kier molecular flexibility index (Phi) is 5.77. The van der Waals surface area contributed by atoms with Gasteiger partial charge in [0.15, 0.2) is 0 Å². The first-order valence-corrected chi connectivity index (χ1v) is 6.09. The Hall–Kier alpha value is -0.610. The molecule has 0 unspecified atom stereocenters. The highest BCUT2D eigenvalue weighted by molar-refractivity contribution is 5.77. The van der Waals surface area contributed by atoms with Gasteiger partial charge in [0.2, 0.25) is 5.91 Å². The molecule has 16 heavy (non-hydrogen) atoms. The fourth-order valence-electron chi connectivity index (χ4n) is 2.51. The number of ether oxygens (including phenoxy) is 1. The molecule has 0 bridgehead atoms. The van der Waals surface area contributed by atoms with Gasteiger partial charge < -0.3 is 15.0 Å². The first-order valence-electron chi connectivity index (χ1n) is 6.09. The number of hydrogen-bond donors (Lipinski definition) is 1. The van der Waals surface area contributed by atoms with Gasteiger partial charge in [-0.2, -0.15) is 0 Å². The average Bonchev–Trinajstić information content (AvgIpc) is 2.16. The number of methoxy groups -OCH3 is 1. The van der Waals surface area contributed by atoms with E-state index in [0.717, 1.165) is 38.0 Å². The summed E-state index contributed by atoms with van der Waals surface area (Å²) in [5.74, 6) is 1.53. The van der Waals surface area contributed by atoms with Crippen molar-refractivity contribution in [2.75, 3.05) is 39.9 Å². The molecule has 2 atom stereocenters. The number of piperidine rings is 1. The summed E-state index contributed by atoms with van der Waals surface area (Å²) in [6, 6.07) is 0. The van der Waals surface area contributed by atoms with Crippen LogP contribution >= 0.6 is 0 Å². The molecule has 1 aliphatic rings. The van der Waals surface area contributed by atoms with E-state index in [4.69, 9.17) is 4.74 Å². The normalized spacial score (nSPS) is 26.7. The van der Waals surface area contributed by atoms with Crippen LogP contribution in [0, 0.1) is 11.8 Å². The number of nitrogens with zero attached hydrogens (tertiary/aromatic N) is 1. The van der Waals surface area contributed by atoms with Crippen LogP contribution in [-0.2, 0) is 9.53 Å². The zero-order valence-corrected chi connectivity index (χ0v) is 10.7. The fraction of sp³-hybridized carbons (Fsp3) is 0.917. The summed E-state index contributed by atoms with van der Waals surface area (Å²) >= 11 is 0. The van der Waals surface area contributed by atoms with Crippen LogP contribution in [0.25, 0.3) is 0 Å². The van der Waals surface area contributed by atoms with Crippen LogP contribution in [0.4, 0.5) is 0 Å². The van der Waals surface area contributed by atoms with Crippen LogP contribution in [0.3, 0.4) is 0 Å². The molecular weight excluding hydrogens is 204 g/mol. The highest BCUT2D eigenvalue weighted by Gasteiger charge is 2.21. The van der Waals surface area contributed by atoms with E-state index < -0.39 is 0 Å². The molecular formula is C12H24N2O2. The SMILES string of the molecule is COCC(=O)NCCN1C[C@H](C)C[C@H](C)C1. The van der Waals surface area contributed by atoms with Crippen molar-refractivity contribution < 1.29 is 9.53 Å². The van der Waals surface area contributed by atoms with E-state index in [9.17, 15) is 4.79 Å². The minimum atomic E-state index is -0.0272. The maximum Gasteiger partial charge on any atom is 0.246 e. The van der Waals surface area contributed by atoms with E-state index in [0.29, 0.717) is 0 Å². The molecule has 1 saturated heterocycles. The molecule has 0 aromatic carbocycles. The van der Waals surface area contributed by atoms with Crippen LogP contribution < -0.4 is 5.32 Å². The Morgan fingerprint density at radius 3 is 2.56 bits per heavy atom. The van der Waals surface area contributed by atoms with Gasteiger partial charge in [-0.3, -0.25) is 4.79 Å². The van der Waals surface area contributed by atoms with E-state index in [1.54, 1.807) is 0 Å². The van der Waals surface area contributed by atoms with Crippen LogP contribution in [0.2, 0.25) is 0 Å². The molecule has 0 saturated carbocycles. The molecule has 0 radical (unpaired) electrons. The molecule has 0 aliphatic carbocycles. The van der Waals surface area contributed by atoms with Gasteiger partial charge in [0.05, 0.1) is 0 Å². The van der Waals surface area contributed by atoms with E-state index in [-0.39, 0.29) is 12.5 Å². The van der Waals surface area contributed by atoms with Crippen LogP contribution in [-0.4, -0.2) is 50.7 Å². The third-order valence-corrected chi connectivity index (χ3v) is 2.97. The maximum atomic E-state index is 11.2. The minimum absolute atomic E-state index is 0.0272. The lowest BCUT2D eigenvalue weighted by molar-refractivity contribution is -0.124. The molecule has 1 amide bonds. The molecule has 4 heteroatoms. The summed E-state index contributed by atoms with van der Waals surface area (Å²) in [7, 11) is 1.54. The highest BCUT2D eigenvalue weighted by Crippen LogP contribution is 2.20. The number of amides is 1. The molecule has 0 aromatic heterocycles. The number of rotatable bonds is 5. The lowest BCUT2D eigenvalue weighted by Crippen LogP contribution is -2.43. The highest BCUT2D eigenvalue weighted by atomic mass is 16.5. The average molecular weight is 228 g/mol. The molecule has 0 spiro atoms. The zero-order valence-electron chi connectivity index (χ0n) is 10.7. The third-order valence-electron chi connectivity index (χ3n) is 2.97. The molecule has 1 aliphatic heterocycles. The first-order chi connectivity index (χ1) is 7.61. The van der Waals surface area contributed by atoms with Gasteiger partial charge in [0.25, 0.3) is 0 Å². The molecule has 94 valence electrons. The van der Waals surface area contributed by atoms with Crippen LogP contribution in [0.1, 0.15) is 20.3 Å². The van der Waals surface area contributed by atoms with Crippen molar-refractivity contribution in [1.82, 2.24) is 10.2 Å². The van der Waals surface area contributed by atoms with E-state index in [2.05, 4.69) is 24.1 Å². The van der Waals surface area contributed by atoms with Gasteiger partial charge in [-0.1, -0.05) is 13.8 Å². The van der Waals surface area contributed by atoms with Crippen molar-refractivity contribution in [3.05, 3.63) is 0 Å². The topological polar surface area (TPSA) is 41.6 Å². The number of likely N-dealkylation sites (tertiary alicyclic amines) is 1. The van der Waals surface area contributed by atoms with Crippen molar-refractivity contribution in [3.8, 4) is 0 Å². The lowest BCUT2D eigenvalue weighted by atomic mass is 9.92.